The topological polar surface area (TPSA) is 135 Å². The Morgan fingerprint density at radius 2 is 2.06 bits per heavy atom. The number of nitrogen functional groups attached to an aromatic ring is 1. The van der Waals surface area contributed by atoms with E-state index in [1.165, 1.54) is 7.11 Å². The molecule has 33 heavy (non-hydrogen) atoms. The van der Waals surface area contributed by atoms with Crippen LogP contribution in [0, 0.1) is 12.8 Å². The van der Waals surface area contributed by atoms with Gasteiger partial charge in [0.1, 0.15) is 11.9 Å². The van der Waals surface area contributed by atoms with Gasteiger partial charge in [-0.2, -0.15) is 0 Å². The van der Waals surface area contributed by atoms with Gasteiger partial charge in [0.05, 0.1) is 18.7 Å². The molecule has 1 aliphatic rings. The van der Waals surface area contributed by atoms with Crippen molar-refractivity contribution in [1.29, 1.82) is 0 Å². The van der Waals surface area contributed by atoms with Crippen molar-refractivity contribution in [3.63, 3.8) is 0 Å². The summed E-state index contributed by atoms with van der Waals surface area (Å²) in [5, 5.41) is 8.84. The third-order valence-corrected chi connectivity index (χ3v) is 5.83. The van der Waals surface area contributed by atoms with Crippen LogP contribution in [-0.2, 0) is 27.3 Å². The maximum Gasteiger partial charge on any atom is 0.337 e. The monoisotopic (exact) mass is 453 g/mol. The number of nitrogens with two attached hydrogens (primary N) is 1. The van der Waals surface area contributed by atoms with Crippen LogP contribution in [0.5, 0.6) is 0 Å². The number of nitrogens with one attached hydrogen (secondary N) is 3. The fraction of sp³-hybridized carbons (Fsp3) is 0.417. The Kier molecular flexibility index (Phi) is 8.00. The van der Waals surface area contributed by atoms with Gasteiger partial charge in [0.2, 0.25) is 11.8 Å². The second kappa shape index (κ2) is 10.9. The van der Waals surface area contributed by atoms with E-state index in [0.717, 1.165) is 23.2 Å². The Bertz CT molecular complexity index is 1030. The zero-order valence-corrected chi connectivity index (χ0v) is 19.2. The first-order valence-electron chi connectivity index (χ1n) is 11.0. The lowest BCUT2D eigenvalue weighted by molar-refractivity contribution is -0.129. The van der Waals surface area contributed by atoms with Gasteiger partial charge in [0.25, 0.3) is 0 Å². The predicted octanol–water partition coefficient (Wildman–Crippen LogP) is 1.10. The summed E-state index contributed by atoms with van der Waals surface area (Å²) in [6, 6.07) is 9.81. The highest BCUT2D eigenvalue weighted by atomic mass is 16.5. The van der Waals surface area contributed by atoms with Crippen molar-refractivity contribution < 1.29 is 19.1 Å². The molecule has 9 heteroatoms. The molecule has 0 saturated carbocycles. The molecule has 0 radical (unpaired) electrons. The molecular formula is C24H31N5O4. The lowest BCUT2D eigenvalue weighted by atomic mass is 9.95. The van der Waals surface area contributed by atoms with Gasteiger partial charge in [-0.05, 0) is 68.5 Å². The number of anilines is 1. The number of carbonyl (C=O) groups is 3. The molecule has 1 aromatic carbocycles. The van der Waals surface area contributed by atoms with E-state index in [-0.39, 0.29) is 29.7 Å². The number of pyridine rings is 1. The molecule has 1 aromatic heterocycles. The van der Waals surface area contributed by atoms with Crippen molar-refractivity contribution in [3.05, 3.63) is 58.8 Å². The first kappa shape index (κ1) is 24.2. The standard InChI is InChI=1S/C24H31N5O4/c1-14-19(7-8-21(25)28-14)13-27-22(30)15(2)29-23(31)20-11-17(12-26-20)9-16-5-4-6-18(10-16)24(32)33-3/h4-8,10,15,17,20,26H,9,11-13H2,1-3H3,(H2,25,28)(H,27,30)(H,29,31)/t15-,17-,20+/m0/s1. The largest absolute Gasteiger partial charge is 0.465 e. The SMILES string of the molecule is COC(=O)c1cccc(C[C@@H]2CN[C@@H](C(=O)N[C@@H](C)C(=O)NCc3ccc(N)nc3C)C2)c1. The summed E-state index contributed by atoms with van der Waals surface area (Å²) in [6.45, 7) is 4.49. The fourth-order valence-electron chi connectivity index (χ4n) is 3.95. The van der Waals surface area contributed by atoms with Crippen LogP contribution in [0.2, 0.25) is 0 Å². The summed E-state index contributed by atoms with van der Waals surface area (Å²) in [5.74, 6) is -0.156. The van der Waals surface area contributed by atoms with Crippen LogP contribution in [0.3, 0.4) is 0 Å². The number of esters is 1. The Labute approximate surface area is 193 Å². The van der Waals surface area contributed by atoms with Crippen LogP contribution < -0.4 is 21.7 Å². The normalized spacial score (nSPS) is 18.4. The third-order valence-electron chi connectivity index (χ3n) is 5.83. The molecule has 1 aliphatic heterocycles. The summed E-state index contributed by atoms with van der Waals surface area (Å²) in [4.78, 5) is 41.0. The van der Waals surface area contributed by atoms with Crippen molar-refractivity contribution in [2.45, 2.75) is 45.3 Å². The van der Waals surface area contributed by atoms with Gasteiger partial charge in [0.15, 0.2) is 0 Å². The number of amides is 2. The second-order valence-electron chi connectivity index (χ2n) is 8.39. The van der Waals surface area contributed by atoms with Gasteiger partial charge in [-0.1, -0.05) is 18.2 Å². The summed E-state index contributed by atoms with van der Waals surface area (Å²) in [7, 11) is 1.36. The van der Waals surface area contributed by atoms with Crippen LogP contribution in [0.15, 0.2) is 36.4 Å². The van der Waals surface area contributed by atoms with Gasteiger partial charge in [-0.3, -0.25) is 9.59 Å². The Hall–Kier alpha value is -3.46. The molecule has 3 atom stereocenters. The first-order valence-corrected chi connectivity index (χ1v) is 11.0. The number of rotatable bonds is 8. The van der Waals surface area contributed by atoms with Crippen LogP contribution in [0.4, 0.5) is 5.82 Å². The van der Waals surface area contributed by atoms with E-state index in [4.69, 9.17) is 10.5 Å². The predicted molar refractivity (Wildman–Crippen MR) is 124 cm³/mol. The molecule has 5 N–H and O–H groups in total. The number of benzene rings is 1. The highest BCUT2D eigenvalue weighted by Crippen LogP contribution is 2.20. The van der Waals surface area contributed by atoms with Crippen LogP contribution in [0.1, 0.15) is 40.5 Å². The molecule has 2 aromatic rings. The van der Waals surface area contributed by atoms with Gasteiger partial charge < -0.3 is 26.4 Å². The van der Waals surface area contributed by atoms with Crippen molar-refractivity contribution in [2.75, 3.05) is 19.4 Å². The molecule has 1 fully saturated rings. The number of carbonyl (C=O) groups excluding carboxylic acids is 3. The lowest BCUT2D eigenvalue weighted by Crippen LogP contribution is -2.50. The average Bonchev–Trinajstić information content (AvgIpc) is 3.26. The molecule has 0 bridgehead atoms. The minimum Gasteiger partial charge on any atom is -0.465 e. The molecule has 1 saturated heterocycles. The summed E-state index contributed by atoms with van der Waals surface area (Å²) in [5.41, 5.74) is 8.81. The van der Waals surface area contributed by atoms with E-state index in [1.807, 2.05) is 31.2 Å². The number of hydrogen-bond donors (Lipinski definition) is 4. The minimum absolute atomic E-state index is 0.200. The summed E-state index contributed by atoms with van der Waals surface area (Å²) >= 11 is 0. The molecule has 9 nitrogen and oxygen atoms in total. The van der Waals surface area contributed by atoms with Crippen molar-refractivity contribution in [1.82, 2.24) is 20.9 Å². The number of aryl methyl sites for hydroxylation is 1. The zero-order valence-electron chi connectivity index (χ0n) is 19.2. The van der Waals surface area contributed by atoms with Gasteiger partial charge >= 0.3 is 5.97 Å². The quantitative estimate of drug-likeness (QED) is 0.440. The number of ether oxygens (including phenoxy) is 1. The molecule has 2 amide bonds. The van der Waals surface area contributed by atoms with E-state index in [2.05, 4.69) is 20.9 Å². The molecule has 0 spiro atoms. The third kappa shape index (κ3) is 6.52. The lowest BCUT2D eigenvalue weighted by Gasteiger charge is -2.17. The number of methoxy groups -OCH3 is 1. The van der Waals surface area contributed by atoms with E-state index >= 15 is 0 Å². The molecule has 0 unspecified atom stereocenters. The molecule has 176 valence electrons. The molecule has 3 rings (SSSR count). The second-order valence-corrected chi connectivity index (χ2v) is 8.39. The Morgan fingerprint density at radius 3 is 2.79 bits per heavy atom. The van der Waals surface area contributed by atoms with E-state index < -0.39 is 6.04 Å². The van der Waals surface area contributed by atoms with E-state index in [9.17, 15) is 14.4 Å². The highest BCUT2D eigenvalue weighted by molar-refractivity contribution is 5.90. The van der Waals surface area contributed by atoms with Gasteiger partial charge in [0, 0.05) is 12.2 Å². The zero-order chi connectivity index (χ0) is 24.0. The van der Waals surface area contributed by atoms with Crippen LogP contribution in [-0.4, -0.2) is 48.5 Å². The van der Waals surface area contributed by atoms with Crippen molar-refractivity contribution in [3.8, 4) is 0 Å². The van der Waals surface area contributed by atoms with Crippen LogP contribution in [0.25, 0.3) is 0 Å². The van der Waals surface area contributed by atoms with Crippen molar-refractivity contribution >= 4 is 23.6 Å². The minimum atomic E-state index is -0.669. The summed E-state index contributed by atoms with van der Waals surface area (Å²) in [6.07, 6.45) is 1.39. The fourth-order valence-corrected chi connectivity index (χ4v) is 3.95. The summed E-state index contributed by atoms with van der Waals surface area (Å²) < 4.78 is 4.77. The van der Waals surface area contributed by atoms with Crippen LogP contribution >= 0.6 is 0 Å². The molecule has 2 heterocycles. The van der Waals surface area contributed by atoms with Crippen molar-refractivity contribution in [2.24, 2.45) is 5.92 Å². The van der Waals surface area contributed by atoms with Gasteiger partial charge in [-0.25, -0.2) is 9.78 Å². The number of aromatic nitrogens is 1. The van der Waals surface area contributed by atoms with E-state index in [0.29, 0.717) is 30.9 Å². The Morgan fingerprint density at radius 1 is 1.27 bits per heavy atom. The van der Waals surface area contributed by atoms with E-state index in [1.54, 1.807) is 19.1 Å². The van der Waals surface area contributed by atoms with Gasteiger partial charge in [-0.15, -0.1) is 0 Å². The maximum atomic E-state index is 12.7. The average molecular weight is 454 g/mol. The first-order chi connectivity index (χ1) is 15.8. The molecule has 0 aliphatic carbocycles. The maximum absolute atomic E-state index is 12.7. The highest BCUT2D eigenvalue weighted by Gasteiger charge is 2.31. The smallest absolute Gasteiger partial charge is 0.337 e. The Balaban J connectivity index is 1.46. The molecular weight excluding hydrogens is 422 g/mol. The number of nitrogens with zero attached hydrogens (tertiary/aromatic N) is 1. The number of hydrogen-bond acceptors (Lipinski definition) is 7.